The van der Waals surface area contributed by atoms with Gasteiger partial charge in [-0.1, -0.05) is 29.5 Å². The van der Waals surface area contributed by atoms with E-state index in [-0.39, 0.29) is 17.9 Å². The Morgan fingerprint density at radius 2 is 2.00 bits per heavy atom. The number of nitrogens with zero attached hydrogens (tertiary/aromatic N) is 2. The Morgan fingerprint density at radius 1 is 1.19 bits per heavy atom. The molecule has 26 heavy (non-hydrogen) atoms. The van der Waals surface area contributed by atoms with E-state index in [1.807, 2.05) is 30.3 Å². The predicted octanol–water partition coefficient (Wildman–Crippen LogP) is 2.59. The Morgan fingerprint density at radius 3 is 2.77 bits per heavy atom. The van der Waals surface area contributed by atoms with Crippen molar-refractivity contribution in [2.75, 3.05) is 5.32 Å². The first-order chi connectivity index (χ1) is 12.6. The Bertz CT molecular complexity index is 976. The summed E-state index contributed by atoms with van der Waals surface area (Å²) in [5.74, 6) is -0.0723. The van der Waals surface area contributed by atoms with Gasteiger partial charge in [0.25, 0.3) is 5.91 Å². The molecule has 0 unspecified atom stereocenters. The molecule has 1 saturated carbocycles. The summed E-state index contributed by atoms with van der Waals surface area (Å²) in [4.78, 5) is 32.0. The average molecular weight is 368 g/mol. The first-order valence-electron chi connectivity index (χ1n) is 8.17. The van der Waals surface area contributed by atoms with Crippen LogP contribution in [0, 0.1) is 5.92 Å². The van der Waals surface area contributed by atoms with E-state index in [9.17, 15) is 9.59 Å². The number of hydrogen-bond donors (Lipinski definition) is 2. The molecule has 0 aliphatic heterocycles. The SMILES string of the molecule is NC(=O)c1cnc(NC(=O)[C@H]2C[C@H](Oc3cccc4cccnc34)C2)s1. The number of carbonyl (C=O) groups excluding carboxylic acids is 2. The lowest BCUT2D eigenvalue weighted by molar-refractivity contribution is -0.125. The van der Waals surface area contributed by atoms with Crippen molar-refractivity contribution in [1.82, 2.24) is 9.97 Å². The second-order valence-corrected chi connectivity index (χ2v) is 7.15. The first kappa shape index (κ1) is 16.5. The molecular weight excluding hydrogens is 352 g/mol. The molecular formula is C18H16N4O3S. The molecule has 8 heteroatoms. The van der Waals surface area contributed by atoms with Gasteiger partial charge in [-0.25, -0.2) is 4.98 Å². The Hall–Kier alpha value is -3.00. The molecule has 2 aromatic heterocycles. The molecule has 3 aromatic rings. The van der Waals surface area contributed by atoms with Crippen molar-refractivity contribution in [3.05, 3.63) is 47.6 Å². The summed E-state index contributed by atoms with van der Waals surface area (Å²) in [5.41, 5.74) is 6.01. The molecule has 1 aliphatic carbocycles. The van der Waals surface area contributed by atoms with Gasteiger partial charge in [-0.3, -0.25) is 14.6 Å². The number of anilines is 1. The van der Waals surface area contributed by atoms with Crippen molar-refractivity contribution in [3.8, 4) is 5.75 Å². The standard InChI is InChI=1S/C18H16N4O3S/c19-16(23)14-9-21-18(26-14)22-17(24)11-7-12(8-11)25-13-5-1-3-10-4-2-6-20-15(10)13/h1-6,9,11-12H,7-8H2,(H2,19,23)(H,21,22,24)/t11-,12-. The third-order valence-corrected chi connectivity index (χ3v) is 5.26. The number of hydrogen-bond acceptors (Lipinski definition) is 6. The van der Waals surface area contributed by atoms with E-state index in [0.29, 0.717) is 22.9 Å². The lowest BCUT2D eigenvalue weighted by Crippen LogP contribution is -2.40. The molecule has 2 amide bonds. The molecule has 1 aromatic carbocycles. The normalized spacial score (nSPS) is 18.9. The highest BCUT2D eigenvalue weighted by atomic mass is 32.1. The Kier molecular flexibility index (Phi) is 4.26. The molecule has 1 fully saturated rings. The highest BCUT2D eigenvalue weighted by molar-refractivity contribution is 7.17. The monoisotopic (exact) mass is 368 g/mol. The third-order valence-electron chi connectivity index (χ3n) is 4.33. The van der Waals surface area contributed by atoms with E-state index < -0.39 is 5.91 Å². The molecule has 4 rings (SSSR count). The van der Waals surface area contributed by atoms with Crippen LogP contribution < -0.4 is 15.8 Å². The molecule has 132 valence electrons. The molecule has 0 radical (unpaired) electrons. The van der Waals surface area contributed by atoms with E-state index in [1.165, 1.54) is 6.20 Å². The second-order valence-electron chi connectivity index (χ2n) is 6.12. The minimum Gasteiger partial charge on any atom is -0.488 e. The van der Waals surface area contributed by atoms with Crippen LogP contribution in [-0.2, 0) is 4.79 Å². The van der Waals surface area contributed by atoms with Crippen LogP contribution in [0.15, 0.2) is 42.7 Å². The number of nitrogens with two attached hydrogens (primary N) is 1. The van der Waals surface area contributed by atoms with E-state index in [4.69, 9.17) is 10.5 Å². The molecule has 7 nitrogen and oxygen atoms in total. The summed E-state index contributed by atoms with van der Waals surface area (Å²) in [6.07, 6.45) is 4.34. The lowest BCUT2D eigenvalue weighted by atomic mass is 9.81. The van der Waals surface area contributed by atoms with Gasteiger partial charge in [0, 0.05) is 17.5 Å². The zero-order chi connectivity index (χ0) is 18.1. The van der Waals surface area contributed by atoms with Gasteiger partial charge in [0.1, 0.15) is 22.2 Å². The number of fused-ring (bicyclic) bond motifs is 1. The van der Waals surface area contributed by atoms with Crippen molar-refractivity contribution in [3.63, 3.8) is 0 Å². The van der Waals surface area contributed by atoms with E-state index in [1.54, 1.807) is 6.20 Å². The van der Waals surface area contributed by atoms with Crippen molar-refractivity contribution >= 4 is 39.2 Å². The van der Waals surface area contributed by atoms with Crippen LogP contribution in [0.25, 0.3) is 10.9 Å². The number of pyridine rings is 1. The van der Waals surface area contributed by atoms with Gasteiger partial charge < -0.3 is 15.8 Å². The van der Waals surface area contributed by atoms with Crippen LogP contribution in [-0.4, -0.2) is 27.9 Å². The fourth-order valence-electron chi connectivity index (χ4n) is 2.88. The maximum Gasteiger partial charge on any atom is 0.260 e. The van der Waals surface area contributed by atoms with Gasteiger partial charge in [0.05, 0.1) is 6.20 Å². The predicted molar refractivity (Wildman–Crippen MR) is 98.1 cm³/mol. The van der Waals surface area contributed by atoms with Gasteiger partial charge in [-0.15, -0.1) is 0 Å². The maximum atomic E-state index is 12.3. The van der Waals surface area contributed by atoms with Crippen LogP contribution in [0.4, 0.5) is 5.13 Å². The smallest absolute Gasteiger partial charge is 0.260 e. The topological polar surface area (TPSA) is 107 Å². The minimum atomic E-state index is -0.552. The molecule has 2 heterocycles. The van der Waals surface area contributed by atoms with Gasteiger partial charge in [-0.05, 0) is 25.0 Å². The van der Waals surface area contributed by atoms with Crippen LogP contribution in [0.5, 0.6) is 5.75 Å². The number of rotatable bonds is 5. The molecule has 3 N–H and O–H groups in total. The first-order valence-corrected chi connectivity index (χ1v) is 8.98. The zero-order valence-corrected chi connectivity index (χ0v) is 14.5. The summed E-state index contributed by atoms with van der Waals surface area (Å²) in [7, 11) is 0. The zero-order valence-electron chi connectivity index (χ0n) is 13.7. The average Bonchev–Trinajstić information content (AvgIpc) is 3.06. The van der Waals surface area contributed by atoms with E-state index in [2.05, 4.69) is 15.3 Å². The van der Waals surface area contributed by atoms with Gasteiger partial charge in [0.2, 0.25) is 5.91 Å². The molecule has 0 spiro atoms. The Balaban J connectivity index is 1.34. The largest absolute Gasteiger partial charge is 0.488 e. The number of aromatic nitrogens is 2. The maximum absolute atomic E-state index is 12.3. The number of benzene rings is 1. The number of primary amides is 1. The van der Waals surface area contributed by atoms with Crippen molar-refractivity contribution in [2.45, 2.75) is 18.9 Å². The molecule has 0 bridgehead atoms. The van der Waals surface area contributed by atoms with Gasteiger partial charge >= 0.3 is 0 Å². The fourth-order valence-corrected chi connectivity index (χ4v) is 3.55. The fraction of sp³-hybridized carbons (Fsp3) is 0.222. The lowest BCUT2D eigenvalue weighted by Gasteiger charge is -2.34. The number of thiazole rings is 1. The van der Waals surface area contributed by atoms with Crippen LogP contribution >= 0.6 is 11.3 Å². The molecule has 0 atom stereocenters. The Labute approximate surface area is 153 Å². The number of nitrogens with one attached hydrogen (secondary N) is 1. The van der Waals surface area contributed by atoms with Crippen molar-refractivity contribution in [2.24, 2.45) is 11.7 Å². The summed E-state index contributed by atoms with van der Waals surface area (Å²) in [5, 5.41) is 4.13. The number of para-hydroxylation sites is 1. The van der Waals surface area contributed by atoms with Crippen LogP contribution in [0.3, 0.4) is 0 Å². The van der Waals surface area contributed by atoms with Crippen LogP contribution in [0.1, 0.15) is 22.5 Å². The van der Waals surface area contributed by atoms with E-state index in [0.717, 1.165) is 28.0 Å². The summed E-state index contributed by atoms with van der Waals surface area (Å²) >= 11 is 1.07. The van der Waals surface area contributed by atoms with Crippen molar-refractivity contribution < 1.29 is 14.3 Å². The minimum absolute atomic E-state index is 0.0177. The third kappa shape index (κ3) is 3.23. The highest BCUT2D eigenvalue weighted by Crippen LogP contribution is 2.34. The number of amides is 2. The second kappa shape index (κ2) is 6.72. The number of ether oxygens (including phenoxy) is 1. The van der Waals surface area contributed by atoms with Crippen LogP contribution in [0.2, 0.25) is 0 Å². The summed E-state index contributed by atoms with van der Waals surface area (Å²) in [6, 6.07) is 9.68. The quantitative estimate of drug-likeness (QED) is 0.720. The highest BCUT2D eigenvalue weighted by Gasteiger charge is 2.36. The summed E-state index contributed by atoms with van der Waals surface area (Å²) in [6.45, 7) is 0. The van der Waals surface area contributed by atoms with Gasteiger partial charge in [-0.2, -0.15) is 0 Å². The van der Waals surface area contributed by atoms with Gasteiger partial charge in [0.15, 0.2) is 5.13 Å². The summed E-state index contributed by atoms with van der Waals surface area (Å²) < 4.78 is 6.01. The van der Waals surface area contributed by atoms with E-state index >= 15 is 0 Å². The molecule has 0 saturated heterocycles. The number of carbonyl (C=O) groups is 2. The molecule has 1 aliphatic rings. The van der Waals surface area contributed by atoms with Crippen molar-refractivity contribution in [1.29, 1.82) is 0 Å².